The lowest BCUT2D eigenvalue weighted by molar-refractivity contribution is 0.0693. The van der Waals surface area contributed by atoms with E-state index >= 15 is 0 Å². The molecule has 0 saturated heterocycles. The summed E-state index contributed by atoms with van der Waals surface area (Å²) in [6.07, 6.45) is 1.64. The Bertz CT molecular complexity index is 1050. The van der Waals surface area contributed by atoms with Gasteiger partial charge in [0, 0.05) is 23.4 Å². The molecule has 2 N–H and O–H groups in total. The SMILES string of the molecule is COc1cc(NC(=O)c2c(C)nc3cc(Cl)ccn23)c(Cl)cc1C(=O)O. The van der Waals surface area contributed by atoms with E-state index < -0.39 is 11.9 Å². The van der Waals surface area contributed by atoms with Crippen molar-refractivity contribution in [2.24, 2.45) is 0 Å². The van der Waals surface area contributed by atoms with Crippen LogP contribution in [-0.4, -0.2) is 33.5 Å². The standard InChI is InChI=1S/C17H13Cl2N3O4/c1-8-15(22-4-3-9(18)5-14(22)20-8)16(23)21-12-7-13(26-2)10(17(24)25)6-11(12)19/h3-7H,1-2H3,(H,21,23)(H,24,25). The van der Waals surface area contributed by atoms with Crippen LogP contribution in [0.3, 0.4) is 0 Å². The van der Waals surface area contributed by atoms with Gasteiger partial charge in [0.1, 0.15) is 22.7 Å². The zero-order valence-electron chi connectivity index (χ0n) is 13.7. The lowest BCUT2D eigenvalue weighted by Crippen LogP contribution is -2.16. The van der Waals surface area contributed by atoms with E-state index in [1.165, 1.54) is 19.2 Å². The van der Waals surface area contributed by atoms with Crippen molar-refractivity contribution in [3.8, 4) is 5.75 Å². The maximum absolute atomic E-state index is 12.7. The van der Waals surface area contributed by atoms with Gasteiger partial charge in [-0.1, -0.05) is 23.2 Å². The Morgan fingerprint density at radius 3 is 2.65 bits per heavy atom. The summed E-state index contributed by atoms with van der Waals surface area (Å²) < 4.78 is 6.66. The number of imidazole rings is 1. The number of fused-ring (bicyclic) bond motifs is 1. The first-order chi connectivity index (χ1) is 12.3. The van der Waals surface area contributed by atoms with Crippen molar-refractivity contribution in [3.05, 3.63) is 57.5 Å². The molecule has 26 heavy (non-hydrogen) atoms. The Balaban J connectivity index is 2.01. The smallest absolute Gasteiger partial charge is 0.339 e. The molecular formula is C17H13Cl2N3O4. The summed E-state index contributed by atoms with van der Waals surface area (Å²) in [5, 5.41) is 12.4. The van der Waals surface area contributed by atoms with Crippen molar-refractivity contribution in [1.29, 1.82) is 0 Å². The summed E-state index contributed by atoms with van der Waals surface area (Å²) in [4.78, 5) is 28.3. The summed E-state index contributed by atoms with van der Waals surface area (Å²) in [5.41, 5.74) is 1.48. The number of hydrogen-bond donors (Lipinski definition) is 2. The van der Waals surface area contributed by atoms with Gasteiger partial charge in [-0.3, -0.25) is 9.20 Å². The highest BCUT2D eigenvalue weighted by Gasteiger charge is 2.20. The summed E-state index contributed by atoms with van der Waals surface area (Å²) >= 11 is 12.1. The third-order valence-electron chi connectivity index (χ3n) is 3.75. The molecule has 0 aliphatic heterocycles. The Morgan fingerprint density at radius 1 is 1.27 bits per heavy atom. The van der Waals surface area contributed by atoms with Gasteiger partial charge in [0.15, 0.2) is 0 Å². The van der Waals surface area contributed by atoms with Crippen molar-refractivity contribution < 1.29 is 19.4 Å². The van der Waals surface area contributed by atoms with E-state index in [4.69, 9.17) is 27.9 Å². The van der Waals surface area contributed by atoms with Crippen LogP contribution in [0.5, 0.6) is 5.75 Å². The molecule has 0 radical (unpaired) electrons. The van der Waals surface area contributed by atoms with E-state index in [2.05, 4.69) is 10.3 Å². The predicted molar refractivity (Wildman–Crippen MR) is 97.9 cm³/mol. The normalized spacial score (nSPS) is 10.8. The number of pyridine rings is 1. The molecular weight excluding hydrogens is 381 g/mol. The molecule has 134 valence electrons. The number of aromatic carboxylic acids is 1. The fourth-order valence-electron chi connectivity index (χ4n) is 2.58. The van der Waals surface area contributed by atoms with Crippen molar-refractivity contribution in [3.63, 3.8) is 0 Å². The molecule has 1 amide bonds. The minimum atomic E-state index is -1.18. The molecule has 0 aliphatic rings. The van der Waals surface area contributed by atoms with Gasteiger partial charge in [0.2, 0.25) is 0 Å². The summed E-state index contributed by atoms with van der Waals surface area (Å²) in [5.74, 6) is -1.56. The molecule has 2 aromatic heterocycles. The Kier molecular flexibility index (Phi) is 4.76. The van der Waals surface area contributed by atoms with Gasteiger partial charge in [-0.15, -0.1) is 0 Å². The molecule has 0 atom stereocenters. The second-order valence-corrected chi connectivity index (χ2v) is 6.25. The third kappa shape index (κ3) is 3.18. The minimum Gasteiger partial charge on any atom is -0.496 e. The fraction of sp³-hybridized carbons (Fsp3) is 0.118. The summed E-state index contributed by atoms with van der Waals surface area (Å²) in [6.45, 7) is 1.70. The van der Waals surface area contributed by atoms with Gasteiger partial charge in [0.05, 0.1) is 23.5 Å². The predicted octanol–water partition coefficient (Wildman–Crippen LogP) is 3.91. The van der Waals surface area contributed by atoms with E-state index in [9.17, 15) is 14.7 Å². The van der Waals surface area contributed by atoms with Crippen molar-refractivity contribution in [2.75, 3.05) is 12.4 Å². The van der Waals surface area contributed by atoms with Crippen LogP contribution in [0.4, 0.5) is 5.69 Å². The first-order valence-corrected chi connectivity index (χ1v) is 8.13. The van der Waals surface area contributed by atoms with Gasteiger partial charge in [-0.25, -0.2) is 9.78 Å². The summed E-state index contributed by atoms with van der Waals surface area (Å²) in [7, 11) is 1.33. The number of rotatable bonds is 4. The highest BCUT2D eigenvalue weighted by atomic mass is 35.5. The lowest BCUT2D eigenvalue weighted by Gasteiger charge is -2.12. The average Bonchev–Trinajstić information content (AvgIpc) is 2.90. The van der Waals surface area contributed by atoms with E-state index in [1.54, 1.807) is 29.7 Å². The maximum atomic E-state index is 12.7. The zero-order valence-corrected chi connectivity index (χ0v) is 15.2. The lowest BCUT2D eigenvalue weighted by atomic mass is 10.1. The topological polar surface area (TPSA) is 92.9 Å². The quantitative estimate of drug-likeness (QED) is 0.700. The molecule has 3 aromatic rings. The van der Waals surface area contributed by atoms with Crippen LogP contribution in [-0.2, 0) is 0 Å². The van der Waals surface area contributed by atoms with Crippen molar-refractivity contribution in [1.82, 2.24) is 9.38 Å². The number of aryl methyl sites for hydroxylation is 1. The molecule has 0 unspecified atom stereocenters. The number of nitrogens with one attached hydrogen (secondary N) is 1. The molecule has 9 heteroatoms. The van der Waals surface area contributed by atoms with Crippen LogP contribution in [0.2, 0.25) is 10.0 Å². The number of aromatic nitrogens is 2. The van der Waals surface area contributed by atoms with Crippen LogP contribution in [0, 0.1) is 6.92 Å². The summed E-state index contributed by atoms with van der Waals surface area (Å²) in [6, 6.07) is 5.87. The average molecular weight is 394 g/mol. The number of benzene rings is 1. The first-order valence-electron chi connectivity index (χ1n) is 7.38. The number of nitrogens with zero attached hydrogens (tertiary/aromatic N) is 2. The Hall–Kier alpha value is -2.77. The number of carboxylic acids is 1. The van der Waals surface area contributed by atoms with E-state index in [1.807, 2.05) is 0 Å². The number of ether oxygens (including phenoxy) is 1. The number of hydrogen-bond acceptors (Lipinski definition) is 4. The van der Waals surface area contributed by atoms with Gasteiger partial charge in [-0.2, -0.15) is 0 Å². The molecule has 3 rings (SSSR count). The first kappa shape index (κ1) is 18.0. The monoisotopic (exact) mass is 393 g/mol. The number of halogens is 2. The van der Waals surface area contributed by atoms with Crippen LogP contribution in [0.1, 0.15) is 26.5 Å². The van der Waals surface area contributed by atoms with E-state index in [0.29, 0.717) is 22.1 Å². The van der Waals surface area contributed by atoms with Crippen LogP contribution in [0.15, 0.2) is 30.5 Å². The van der Waals surface area contributed by atoms with E-state index in [0.717, 1.165) is 0 Å². The Labute approximate surface area is 158 Å². The highest BCUT2D eigenvalue weighted by Crippen LogP contribution is 2.31. The van der Waals surface area contributed by atoms with Crippen molar-refractivity contribution >= 4 is 46.4 Å². The molecule has 2 heterocycles. The molecule has 1 aromatic carbocycles. The molecule has 0 aliphatic carbocycles. The molecule has 0 saturated carbocycles. The molecule has 0 fully saturated rings. The van der Waals surface area contributed by atoms with Crippen molar-refractivity contribution in [2.45, 2.75) is 6.92 Å². The maximum Gasteiger partial charge on any atom is 0.339 e. The fourth-order valence-corrected chi connectivity index (χ4v) is 2.94. The number of carboxylic acid groups (broad SMARTS) is 1. The van der Waals surface area contributed by atoms with Gasteiger partial charge in [0.25, 0.3) is 5.91 Å². The van der Waals surface area contributed by atoms with Gasteiger partial charge in [-0.05, 0) is 19.1 Å². The number of amides is 1. The number of carbonyl (C=O) groups is 2. The second kappa shape index (κ2) is 6.86. The van der Waals surface area contributed by atoms with Crippen LogP contribution >= 0.6 is 23.2 Å². The van der Waals surface area contributed by atoms with Gasteiger partial charge < -0.3 is 15.2 Å². The Morgan fingerprint density at radius 2 is 2.00 bits per heavy atom. The molecule has 7 nitrogen and oxygen atoms in total. The molecule has 0 spiro atoms. The number of anilines is 1. The largest absolute Gasteiger partial charge is 0.496 e. The van der Waals surface area contributed by atoms with Crippen LogP contribution in [0.25, 0.3) is 5.65 Å². The highest BCUT2D eigenvalue weighted by molar-refractivity contribution is 6.34. The zero-order chi connectivity index (χ0) is 19.0. The van der Waals surface area contributed by atoms with Gasteiger partial charge >= 0.3 is 5.97 Å². The van der Waals surface area contributed by atoms with Crippen LogP contribution < -0.4 is 10.1 Å². The van der Waals surface area contributed by atoms with E-state index in [-0.39, 0.29) is 22.0 Å². The molecule has 0 bridgehead atoms. The minimum absolute atomic E-state index is 0.0751. The number of methoxy groups -OCH3 is 1. The number of carbonyl (C=O) groups excluding carboxylic acids is 1. The third-order valence-corrected chi connectivity index (χ3v) is 4.29. The second-order valence-electron chi connectivity index (χ2n) is 5.41.